The van der Waals surface area contributed by atoms with E-state index in [2.05, 4.69) is 15.3 Å². The third-order valence-corrected chi connectivity index (χ3v) is 3.60. The zero-order valence-electron chi connectivity index (χ0n) is 13.6. The number of benzene rings is 1. The smallest absolute Gasteiger partial charge is 0.259 e. The molecule has 0 aliphatic carbocycles. The SMILES string of the molecule is Cc1ccc(OCc2nccn2C)c(C(=O)Nc2ccncc2)c1. The van der Waals surface area contributed by atoms with Crippen molar-refractivity contribution in [2.24, 2.45) is 7.05 Å². The molecule has 3 rings (SSSR count). The van der Waals surface area contributed by atoms with Crippen LogP contribution in [0.25, 0.3) is 0 Å². The first-order valence-electron chi connectivity index (χ1n) is 7.54. The largest absolute Gasteiger partial charge is 0.485 e. The topological polar surface area (TPSA) is 69.0 Å². The first-order valence-corrected chi connectivity index (χ1v) is 7.54. The lowest BCUT2D eigenvalue weighted by molar-refractivity contribution is 0.102. The Morgan fingerprint density at radius 3 is 2.71 bits per heavy atom. The number of nitrogens with zero attached hydrogens (tertiary/aromatic N) is 3. The Bertz CT molecular complexity index is 843. The highest BCUT2D eigenvalue weighted by Crippen LogP contribution is 2.22. The highest BCUT2D eigenvalue weighted by Gasteiger charge is 2.14. The van der Waals surface area contributed by atoms with E-state index in [4.69, 9.17) is 4.74 Å². The zero-order valence-corrected chi connectivity index (χ0v) is 13.6. The fourth-order valence-electron chi connectivity index (χ4n) is 2.26. The minimum Gasteiger partial charge on any atom is -0.485 e. The van der Waals surface area contributed by atoms with Gasteiger partial charge in [0.1, 0.15) is 18.2 Å². The molecule has 0 atom stereocenters. The summed E-state index contributed by atoms with van der Waals surface area (Å²) in [4.78, 5) is 20.7. The highest BCUT2D eigenvalue weighted by molar-refractivity contribution is 6.06. The van der Waals surface area contributed by atoms with Crippen LogP contribution >= 0.6 is 0 Å². The van der Waals surface area contributed by atoms with Crippen molar-refractivity contribution < 1.29 is 9.53 Å². The van der Waals surface area contributed by atoms with Gasteiger partial charge in [-0.3, -0.25) is 9.78 Å². The van der Waals surface area contributed by atoms with Gasteiger partial charge in [-0.2, -0.15) is 0 Å². The number of carbonyl (C=O) groups is 1. The lowest BCUT2D eigenvalue weighted by Gasteiger charge is -2.12. The van der Waals surface area contributed by atoms with E-state index in [0.717, 1.165) is 11.4 Å². The van der Waals surface area contributed by atoms with Crippen molar-refractivity contribution >= 4 is 11.6 Å². The molecule has 24 heavy (non-hydrogen) atoms. The number of nitrogens with one attached hydrogen (secondary N) is 1. The van der Waals surface area contributed by atoms with Crippen LogP contribution in [-0.4, -0.2) is 20.4 Å². The maximum absolute atomic E-state index is 12.6. The Balaban J connectivity index is 1.80. The monoisotopic (exact) mass is 322 g/mol. The average molecular weight is 322 g/mol. The molecule has 0 radical (unpaired) electrons. The van der Waals surface area contributed by atoms with E-state index in [9.17, 15) is 4.79 Å². The second kappa shape index (κ2) is 6.95. The summed E-state index contributed by atoms with van der Waals surface area (Å²) in [5.41, 5.74) is 2.16. The van der Waals surface area contributed by atoms with Gasteiger partial charge < -0.3 is 14.6 Å². The van der Waals surface area contributed by atoms with Crippen LogP contribution in [0.15, 0.2) is 55.1 Å². The van der Waals surface area contributed by atoms with Crippen LogP contribution in [0, 0.1) is 6.92 Å². The van der Waals surface area contributed by atoms with Crippen molar-refractivity contribution in [3.8, 4) is 5.75 Å². The molecule has 122 valence electrons. The molecule has 0 spiro atoms. The number of ether oxygens (including phenoxy) is 1. The van der Waals surface area contributed by atoms with Crippen molar-refractivity contribution in [3.63, 3.8) is 0 Å². The summed E-state index contributed by atoms with van der Waals surface area (Å²) in [5, 5.41) is 2.85. The second-order valence-corrected chi connectivity index (χ2v) is 5.43. The predicted molar refractivity (Wildman–Crippen MR) is 90.9 cm³/mol. The van der Waals surface area contributed by atoms with Crippen molar-refractivity contribution in [3.05, 3.63) is 72.1 Å². The van der Waals surface area contributed by atoms with Crippen LogP contribution in [-0.2, 0) is 13.7 Å². The molecule has 2 heterocycles. The zero-order chi connectivity index (χ0) is 16.9. The van der Waals surface area contributed by atoms with Crippen molar-refractivity contribution in [1.82, 2.24) is 14.5 Å². The van der Waals surface area contributed by atoms with Crippen molar-refractivity contribution in [2.75, 3.05) is 5.32 Å². The Morgan fingerprint density at radius 1 is 1.21 bits per heavy atom. The van der Waals surface area contributed by atoms with Crippen molar-refractivity contribution in [1.29, 1.82) is 0 Å². The number of hydrogen-bond acceptors (Lipinski definition) is 4. The van der Waals surface area contributed by atoms with Gasteiger partial charge in [0.15, 0.2) is 0 Å². The molecule has 1 amide bonds. The standard InChI is InChI=1S/C18H18N4O2/c1-13-3-4-16(24-12-17-20-9-10-22(17)2)15(11-13)18(23)21-14-5-7-19-8-6-14/h3-11H,12H2,1-2H3,(H,19,21,23). The third-order valence-electron chi connectivity index (χ3n) is 3.60. The summed E-state index contributed by atoms with van der Waals surface area (Å²) < 4.78 is 7.70. The molecular weight excluding hydrogens is 304 g/mol. The van der Waals surface area contributed by atoms with Gasteiger partial charge in [-0.1, -0.05) is 11.6 Å². The molecule has 0 saturated carbocycles. The minimum absolute atomic E-state index is 0.222. The summed E-state index contributed by atoms with van der Waals surface area (Å²) in [6.45, 7) is 2.23. The first-order chi connectivity index (χ1) is 11.6. The lowest BCUT2D eigenvalue weighted by Crippen LogP contribution is -2.14. The number of imidazole rings is 1. The van der Waals surface area contributed by atoms with Crippen LogP contribution in [0.1, 0.15) is 21.7 Å². The molecule has 1 N–H and O–H groups in total. The Morgan fingerprint density at radius 2 is 2.00 bits per heavy atom. The van der Waals surface area contributed by atoms with Gasteiger partial charge in [-0.15, -0.1) is 0 Å². The molecule has 6 heteroatoms. The average Bonchev–Trinajstić information content (AvgIpc) is 2.99. The number of aromatic nitrogens is 3. The minimum atomic E-state index is -0.222. The Kier molecular flexibility index (Phi) is 4.56. The Hall–Kier alpha value is -3.15. The van der Waals surface area contributed by atoms with E-state index in [1.165, 1.54) is 0 Å². The van der Waals surface area contributed by atoms with Crippen LogP contribution < -0.4 is 10.1 Å². The fourth-order valence-corrected chi connectivity index (χ4v) is 2.26. The van der Waals surface area contributed by atoms with E-state index in [-0.39, 0.29) is 5.91 Å². The molecular formula is C18H18N4O2. The molecule has 0 saturated heterocycles. The predicted octanol–water partition coefficient (Wildman–Crippen LogP) is 2.95. The van der Waals surface area contributed by atoms with Gasteiger partial charge in [-0.05, 0) is 31.2 Å². The maximum atomic E-state index is 12.6. The molecule has 6 nitrogen and oxygen atoms in total. The summed E-state index contributed by atoms with van der Waals surface area (Å²) >= 11 is 0. The third kappa shape index (κ3) is 3.60. The van der Waals surface area contributed by atoms with Crippen LogP contribution in [0.3, 0.4) is 0 Å². The summed E-state index contributed by atoms with van der Waals surface area (Å²) in [7, 11) is 1.90. The molecule has 3 aromatic rings. The maximum Gasteiger partial charge on any atom is 0.259 e. The number of carbonyl (C=O) groups excluding carboxylic acids is 1. The van der Waals surface area contributed by atoms with Crippen LogP contribution in [0.5, 0.6) is 5.75 Å². The number of anilines is 1. The molecule has 0 aliphatic rings. The number of rotatable bonds is 5. The highest BCUT2D eigenvalue weighted by atomic mass is 16.5. The van der Waals surface area contributed by atoms with E-state index >= 15 is 0 Å². The van der Waals surface area contributed by atoms with Crippen LogP contribution in [0.4, 0.5) is 5.69 Å². The molecule has 0 bridgehead atoms. The first kappa shape index (κ1) is 15.7. The van der Waals surface area contributed by atoms with Crippen LogP contribution in [0.2, 0.25) is 0 Å². The lowest BCUT2D eigenvalue weighted by atomic mass is 10.1. The van der Waals surface area contributed by atoms with Gasteiger partial charge in [0, 0.05) is 37.5 Å². The fraction of sp³-hybridized carbons (Fsp3) is 0.167. The molecule has 2 aromatic heterocycles. The van der Waals surface area contributed by atoms with Gasteiger partial charge in [0.25, 0.3) is 5.91 Å². The van der Waals surface area contributed by atoms with Gasteiger partial charge in [0.05, 0.1) is 5.56 Å². The van der Waals surface area contributed by atoms with E-state index in [1.807, 2.05) is 36.9 Å². The molecule has 0 aliphatic heterocycles. The summed E-state index contributed by atoms with van der Waals surface area (Å²) in [6.07, 6.45) is 6.82. The van der Waals surface area contributed by atoms with Gasteiger partial charge in [-0.25, -0.2) is 4.98 Å². The second-order valence-electron chi connectivity index (χ2n) is 5.43. The van der Waals surface area contributed by atoms with Gasteiger partial charge >= 0.3 is 0 Å². The van der Waals surface area contributed by atoms with Crippen molar-refractivity contribution in [2.45, 2.75) is 13.5 Å². The molecule has 0 unspecified atom stereocenters. The quantitative estimate of drug-likeness (QED) is 0.784. The van der Waals surface area contributed by atoms with Gasteiger partial charge in [0.2, 0.25) is 0 Å². The Labute approximate surface area is 140 Å². The normalized spacial score (nSPS) is 10.4. The number of aryl methyl sites for hydroxylation is 2. The van der Waals surface area contributed by atoms with E-state index in [0.29, 0.717) is 23.6 Å². The van der Waals surface area contributed by atoms with E-state index in [1.54, 1.807) is 36.8 Å². The number of amides is 1. The summed E-state index contributed by atoms with van der Waals surface area (Å²) in [6, 6.07) is 9.01. The number of pyridine rings is 1. The molecule has 1 aromatic carbocycles. The summed E-state index contributed by atoms with van der Waals surface area (Å²) in [5.74, 6) is 1.09. The number of hydrogen-bond donors (Lipinski definition) is 1. The van der Waals surface area contributed by atoms with E-state index < -0.39 is 0 Å². The molecule has 0 fully saturated rings.